The molecule has 2 aromatic rings. The van der Waals surface area contributed by atoms with E-state index < -0.39 is 0 Å². The van der Waals surface area contributed by atoms with Gasteiger partial charge in [0.25, 0.3) is 5.91 Å². The van der Waals surface area contributed by atoms with Crippen molar-refractivity contribution in [3.8, 4) is 0 Å². The first kappa shape index (κ1) is 20.2. The maximum Gasteiger partial charge on any atom is 0.265 e. The van der Waals surface area contributed by atoms with Gasteiger partial charge in [0.1, 0.15) is 6.54 Å². The van der Waals surface area contributed by atoms with E-state index >= 15 is 0 Å². The molecule has 2 amide bonds. The van der Waals surface area contributed by atoms with E-state index in [4.69, 9.17) is 0 Å². The zero-order chi connectivity index (χ0) is 20.1. The quantitative estimate of drug-likeness (QED) is 0.727. The number of nitrogens with zero attached hydrogens (tertiary/aromatic N) is 1. The van der Waals surface area contributed by atoms with Gasteiger partial charge in [-0.25, -0.2) is 0 Å². The van der Waals surface area contributed by atoms with Crippen LogP contribution in [0, 0.1) is 12.8 Å². The molecule has 0 radical (unpaired) electrons. The average Bonchev–Trinajstić information content (AvgIpc) is 2.66. The van der Waals surface area contributed by atoms with E-state index in [1.807, 2.05) is 61.5 Å². The van der Waals surface area contributed by atoms with Crippen LogP contribution in [0.15, 0.2) is 58.3 Å². The Morgan fingerprint density at radius 1 is 1.14 bits per heavy atom. The van der Waals surface area contributed by atoms with Crippen LogP contribution in [-0.4, -0.2) is 24.9 Å². The molecule has 0 aliphatic carbocycles. The van der Waals surface area contributed by atoms with Gasteiger partial charge < -0.3 is 5.32 Å². The maximum atomic E-state index is 13.2. The fourth-order valence-corrected chi connectivity index (χ4v) is 4.06. The number of amides is 2. The van der Waals surface area contributed by atoms with Gasteiger partial charge in [0.05, 0.1) is 10.6 Å². The van der Waals surface area contributed by atoms with Gasteiger partial charge in [-0.2, -0.15) is 0 Å². The molecule has 0 saturated heterocycles. The Kier molecular flexibility index (Phi) is 6.57. The van der Waals surface area contributed by atoms with Gasteiger partial charge in [-0.1, -0.05) is 62.0 Å². The molecule has 0 bridgehead atoms. The van der Waals surface area contributed by atoms with E-state index in [1.54, 1.807) is 4.90 Å². The van der Waals surface area contributed by atoms with Gasteiger partial charge >= 0.3 is 0 Å². The minimum Gasteiger partial charge on any atom is -0.355 e. The second-order valence-corrected chi connectivity index (χ2v) is 8.44. The van der Waals surface area contributed by atoms with Crippen molar-refractivity contribution >= 4 is 35.3 Å². The largest absolute Gasteiger partial charge is 0.355 e. The number of benzene rings is 2. The van der Waals surface area contributed by atoms with Crippen LogP contribution in [0.3, 0.4) is 0 Å². The van der Waals surface area contributed by atoms with Gasteiger partial charge in [0.2, 0.25) is 5.91 Å². The molecule has 5 heteroatoms. The van der Waals surface area contributed by atoms with Crippen LogP contribution in [0.5, 0.6) is 0 Å². The standard InChI is InChI=1S/C23H26N2O2S/c1-16(2)12-13-24-22(26)15-25-19-10-6-7-11-20(19)28-21(23(25)27)14-18-9-5-4-8-17(18)3/h4-11,14,16H,12-13,15H2,1-3H3,(H,24,26)/b21-14-. The Morgan fingerprint density at radius 2 is 1.86 bits per heavy atom. The zero-order valence-corrected chi connectivity index (χ0v) is 17.4. The van der Waals surface area contributed by atoms with E-state index in [0.717, 1.165) is 28.1 Å². The van der Waals surface area contributed by atoms with Crippen molar-refractivity contribution in [2.45, 2.75) is 32.1 Å². The number of hydrogen-bond acceptors (Lipinski definition) is 3. The van der Waals surface area contributed by atoms with Gasteiger partial charge in [0.15, 0.2) is 0 Å². The summed E-state index contributed by atoms with van der Waals surface area (Å²) in [5.41, 5.74) is 2.91. The van der Waals surface area contributed by atoms with Crippen molar-refractivity contribution in [3.63, 3.8) is 0 Å². The van der Waals surface area contributed by atoms with Crippen LogP contribution in [0.4, 0.5) is 5.69 Å². The second kappa shape index (κ2) is 9.11. The Morgan fingerprint density at radius 3 is 2.61 bits per heavy atom. The first-order valence-electron chi connectivity index (χ1n) is 9.58. The maximum absolute atomic E-state index is 13.2. The molecule has 0 atom stereocenters. The number of carbonyl (C=O) groups is 2. The van der Waals surface area contributed by atoms with Gasteiger partial charge in [-0.15, -0.1) is 0 Å². The fraction of sp³-hybridized carbons (Fsp3) is 0.304. The lowest BCUT2D eigenvalue weighted by atomic mass is 10.1. The summed E-state index contributed by atoms with van der Waals surface area (Å²) in [5, 5.41) is 2.93. The topological polar surface area (TPSA) is 49.4 Å². The summed E-state index contributed by atoms with van der Waals surface area (Å²) in [7, 11) is 0. The van der Waals surface area contributed by atoms with Crippen LogP contribution in [0.25, 0.3) is 6.08 Å². The summed E-state index contributed by atoms with van der Waals surface area (Å²) in [6.45, 7) is 6.92. The lowest BCUT2D eigenvalue weighted by molar-refractivity contribution is -0.122. The third-order valence-electron chi connectivity index (χ3n) is 4.65. The van der Waals surface area contributed by atoms with E-state index in [-0.39, 0.29) is 18.4 Å². The summed E-state index contributed by atoms with van der Waals surface area (Å²) < 4.78 is 0. The molecule has 4 nitrogen and oxygen atoms in total. The van der Waals surface area contributed by atoms with E-state index in [1.165, 1.54) is 11.8 Å². The summed E-state index contributed by atoms with van der Waals surface area (Å²) in [6, 6.07) is 15.7. The smallest absolute Gasteiger partial charge is 0.265 e. The van der Waals surface area contributed by atoms with E-state index in [9.17, 15) is 9.59 Å². The highest BCUT2D eigenvalue weighted by Crippen LogP contribution is 2.42. The summed E-state index contributed by atoms with van der Waals surface area (Å²) >= 11 is 1.46. The van der Waals surface area contributed by atoms with Crippen LogP contribution < -0.4 is 10.2 Å². The highest BCUT2D eigenvalue weighted by Gasteiger charge is 2.30. The molecule has 0 spiro atoms. The predicted molar refractivity (Wildman–Crippen MR) is 116 cm³/mol. The normalized spacial score (nSPS) is 15.1. The molecular formula is C23H26N2O2S. The number of aryl methyl sites for hydroxylation is 1. The van der Waals surface area contributed by atoms with E-state index in [2.05, 4.69) is 19.2 Å². The predicted octanol–water partition coefficient (Wildman–Crippen LogP) is 4.64. The lowest BCUT2D eigenvalue weighted by Gasteiger charge is -2.30. The highest BCUT2D eigenvalue weighted by molar-refractivity contribution is 8.04. The molecule has 3 rings (SSSR count). The molecule has 28 heavy (non-hydrogen) atoms. The molecule has 1 heterocycles. The van der Waals surface area contributed by atoms with Crippen LogP contribution in [0.2, 0.25) is 0 Å². The highest BCUT2D eigenvalue weighted by atomic mass is 32.2. The Hall–Kier alpha value is -2.53. The number of para-hydroxylation sites is 1. The summed E-state index contributed by atoms with van der Waals surface area (Å²) in [6.07, 6.45) is 2.84. The number of nitrogens with one attached hydrogen (secondary N) is 1. The molecule has 2 aromatic carbocycles. The van der Waals surface area contributed by atoms with Crippen molar-refractivity contribution in [1.29, 1.82) is 0 Å². The first-order chi connectivity index (χ1) is 13.5. The first-order valence-corrected chi connectivity index (χ1v) is 10.4. The third-order valence-corrected chi connectivity index (χ3v) is 5.73. The number of hydrogen-bond donors (Lipinski definition) is 1. The Bertz CT molecular complexity index is 905. The van der Waals surface area contributed by atoms with Gasteiger partial charge in [-0.3, -0.25) is 14.5 Å². The molecule has 1 aliphatic rings. The second-order valence-electron chi connectivity index (χ2n) is 7.36. The fourth-order valence-electron chi connectivity index (χ4n) is 3.01. The molecule has 146 valence electrons. The number of anilines is 1. The van der Waals surface area contributed by atoms with Crippen LogP contribution in [-0.2, 0) is 9.59 Å². The minimum absolute atomic E-state index is 0.0274. The monoisotopic (exact) mass is 394 g/mol. The van der Waals surface area contributed by atoms with Crippen molar-refractivity contribution in [1.82, 2.24) is 5.32 Å². The minimum atomic E-state index is -0.133. The van der Waals surface area contributed by atoms with Crippen molar-refractivity contribution < 1.29 is 9.59 Å². The Balaban J connectivity index is 1.85. The van der Waals surface area contributed by atoms with Crippen molar-refractivity contribution in [2.75, 3.05) is 18.0 Å². The molecule has 0 unspecified atom stereocenters. The molecule has 1 N–H and O–H groups in total. The van der Waals surface area contributed by atoms with Crippen LogP contribution in [0.1, 0.15) is 31.4 Å². The third kappa shape index (κ3) is 4.84. The van der Waals surface area contributed by atoms with Crippen molar-refractivity contribution in [2.24, 2.45) is 5.92 Å². The number of rotatable bonds is 6. The van der Waals surface area contributed by atoms with Gasteiger partial charge in [-0.05, 0) is 48.6 Å². The summed E-state index contributed by atoms with van der Waals surface area (Å²) in [4.78, 5) is 28.8. The summed E-state index contributed by atoms with van der Waals surface area (Å²) in [5.74, 6) is 0.259. The van der Waals surface area contributed by atoms with Crippen LogP contribution >= 0.6 is 11.8 Å². The SMILES string of the molecule is Cc1ccccc1/C=C1\Sc2ccccc2N(CC(=O)NCCC(C)C)C1=O. The number of carbonyl (C=O) groups excluding carboxylic acids is 2. The number of fused-ring (bicyclic) bond motifs is 1. The Labute approximate surface area is 171 Å². The molecule has 1 aliphatic heterocycles. The molecule has 0 fully saturated rings. The van der Waals surface area contributed by atoms with E-state index in [0.29, 0.717) is 17.4 Å². The average molecular weight is 395 g/mol. The molecular weight excluding hydrogens is 368 g/mol. The number of thioether (sulfide) groups is 1. The molecule has 0 aromatic heterocycles. The van der Waals surface area contributed by atoms with Crippen molar-refractivity contribution in [3.05, 3.63) is 64.6 Å². The van der Waals surface area contributed by atoms with Gasteiger partial charge in [0, 0.05) is 11.4 Å². The molecule has 0 saturated carbocycles. The lowest BCUT2D eigenvalue weighted by Crippen LogP contribution is -2.43. The zero-order valence-electron chi connectivity index (χ0n) is 16.6.